The average Bonchev–Trinajstić information content (AvgIpc) is 3.14. The third-order valence-corrected chi connectivity index (χ3v) is 5.95. The Bertz CT molecular complexity index is 954. The van der Waals surface area contributed by atoms with Crippen LogP contribution in [0.4, 0.5) is 0 Å². The molecule has 0 saturated carbocycles. The van der Waals surface area contributed by atoms with Gasteiger partial charge in [-0.05, 0) is 70.3 Å². The Morgan fingerprint density at radius 2 is 1.73 bits per heavy atom. The Labute approximate surface area is 190 Å². The second kappa shape index (κ2) is 10.9. The van der Waals surface area contributed by atoms with Crippen molar-refractivity contribution in [3.8, 4) is 22.3 Å². The van der Waals surface area contributed by atoms with Gasteiger partial charge in [0, 0.05) is 29.7 Å². The van der Waals surface area contributed by atoms with Crippen molar-refractivity contribution in [3.63, 3.8) is 0 Å². The molecule has 6 heteroatoms. The lowest BCUT2D eigenvalue weighted by molar-refractivity contribution is 0.236. The Morgan fingerprint density at radius 1 is 1.03 bits per heavy atom. The van der Waals surface area contributed by atoms with Crippen LogP contribution in [0.2, 0.25) is 0 Å². The number of hydrogen-bond donors (Lipinski definition) is 0. The van der Waals surface area contributed by atoms with E-state index in [1.165, 1.54) is 28.2 Å². The fourth-order valence-corrected chi connectivity index (χ4v) is 4.00. The van der Waals surface area contributed by atoms with Crippen LogP contribution in [-0.2, 0) is 6.42 Å². The van der Waals surface area contributed by atoms with Gasteiger partial charge in [-0.15, -0.1) is 12.4 Å². The fraction of sp³-hybridized carbons (Fsp3) is 0.417. The molecule has 0 unspecified atom stereocenters. The van der Waals surface area contributed by atoms with E-state index in [0.717, 1.165) is 36.4 Å². The maximum Gasteiger partial charge on any atom is 0.299 e. The molecule has 3 rings (SSSR count). The smallest absolute Gasteiger partial charge is 0.299 e. The number of aryl methyl sites for hydroxylation is 3. The maximum atomic E-state index is 6.09. The SMILES string of the molecule is CCN(CCc1cc(C)c(Oc2nc(-c3ccc(C)cc3)ns2)cc1C)C(C)C.Cl. The molecule has 4 nitrogen and oxygen atoms in total. The van der Waals surface area contributed by atoms with Gasteiger partial charge >= 0.3 is 0 Å². The number of hydrogen-bond acceptors (Lipinski definition) is 5. The zero-order valence-corrected chi connectivity index (χ0v) is 20.4. The van der Waals surface area contributed by atoms with Gasteiger partial charge in [0.05, 0.1) is 0 Å². The minimum Gasteiger partial charge on any atom is -0.430 e. The summed E-state index contributed by atoms with van der Waals surface area (Å²) in [5.74, 6) is 1.57. The van der Waals surface area contributed by atoms with Gasteiger partial charge in [0.25, 0.3) is 5.19 Å². The molecular weight excluding hydrogens is 414 g/mol. The minimum absolute atomic E-state index is 0. The van der Waals surface area contributed by atoms with E-state index in [0.29, 0.717) is 17.1 Å². The van der Waals surface area contributed by atoms with Crippen LogP contribution in [0, 0.1) is 20.8 Å². The summed E-state index contributed by atoms with van der Waals surface area (Å²) in [6, 6.07) is 13.2. The topological polar surface area (TPSA) is 38.2 Å². The molecule has 1 heterocycles. The zero-order chi connectivity index (χ0) is 21.0. The minimum atomic E-state index is 0. The predicted octanol–water partition coefficient (Wildman–Crippen LogP) is 6.62. The van der Waals surface area contributed by atoms with Gasteiger partial charge in [-0.25, -0.2) is 0 Å². The normalized spacial score (nSPS) is 11.1. The van der Waals surface area contributed by atoms with Gasteiger partial charge in [-0.1, -0.05) is 42.8 Å². The molecule has 0 aliphatic rings. The van der Waals surface area contributed by atoms with E-state index in [1.54, 1.807) is 0 Å². The molecule has 0 atom stereocenters. The summed E-state index contributed by atoms with van der Waals surface area (Å²) in [4.78, 5) is 7.06. The van der Waals surface area contributed by atoms with Crippen molar-refractivity contribution in [1.82, 2.24) is 14.3 Å². The highest BCUT2D eigenvalue weighted by Gasteiger charge is 2.13. The van der Waals surface area contributed by atoms with E-state index in [9.17, 15) is 0 Å². The molecule has 0 N–H and O–H groups in total. The highest BCUT2D eigenvalue weighted by Crippen LogP contribution is 2.31. The van der Waals surface area contributed by atoms with Crippen LogP contribution in [0.15, 0.2) is 36.4 Å². The number of benzene rings is 2. The summed E-state index contributed by atoms with van der Waals surface area (Å²) in [5.41, 5.74) is 6.00. The quantitative estimate of drug-likeness (QED) is 0.390. The van der Waals surface area contributed by atoms with Gasteiger partial charge < -0.3 is 9.64 Å². The number of aromatic nitrogens is 2. The predicted molar refractivity (Wildman–Crippen MR) is 129 cm³/mol. The fourth-order valence-electron chi connectivity index (χ4n) is 3.44. The van der Waals surface area contributed by atoms with Crippen molar-refractivity contribution < 1.29 is 4.74 Å². The molecule has 3 aromatic rings. The van der Waals surface area contributed by atoms with Gasteiger partial charge in [0.2, 0.25) is 0 Å². The summed E-state index contributed by atoms with van der Waals surface area (Å²) < 4.78 is 10.5. The molecule has 0 aliphatic carbocycles. The van der Waals surface area contributed by atoms with Crippen molar-refractivity contribution in [1.29, 1.82) is 0 Å². The van der Waals surface area contributed by atoms with Crippen LogP contribution in [0.5, 0.6) is 10.9 Å². The van der Waals surface area contributed by atoms with Gasteiger partial charge in [-0.3, -0.25) is 0 Å². The average molecular weight is 446 g/mol. The first-order valence-electron chi connectivity index (χ1n) is 10.3. The maximum absolute atomic E-state index is 6.09. The molecule has 0 saturated heterocycles. The molecule has 1 aromatic heterocycles. The first-order valence-corrected chi connectivity index (χ1v) is 11.1. The van der Waals surface area contributed by atoms with E-state index in [-0.39, 0.29) is 12.4 Å². The Morgan fingerprint density at radius 3 is 2.37 bits per heavy atom. The molecule has 0 amide bonds. The van der Waals surface area contributed by atoms with E-state index in [4.69, 9.17) is 4.74 Å². The van der Waals surface area contributed by atoms with E-state index in [2.05, 4.69) is 80.1 Å². The molecular formula is C24H32ClN3OS. The number of halogens is 1. The van der Waals surface area contributed by atoms with Crippen LogP contribution in [-0.4, -0.2) is 33.4 Å². The standard InChI is InChI=1S/C24H31N3OS.ClH/c1-7-27(16(2)3)13-12-21-14-19(6)22(15-18(21)5)28-24-25-23(26-29-24)20-10-8-17(4)9-11-20;/h8-11,14-16H,7,12-13H2,1-6H3;1H. The number of nitrogens with zero attached hydrogens (tertiary/aromatic N) is 3. The number of ether oxygens (including phenoxy) is 1. The van der Waals surface area contributed by atoms with Gasteiger partial charge in [0.1, 0.15) is 5.75 Å². The number of likely N-dealkylation sites (N-methyl/N-ethyl adjacent to an activating group) is 1. The highest BCUT2D eigenvalue weighted by molar-refractivity contribution is 7.07. The van der Waals surface area contributed by atoms with Crippen molar-refractivity contribution in [2.75, 3.05) is 13.1 Å². The second-order valence-electron chi connectivity index (χ2n) is 7.87. The molecule has 2 aromatic carbocycles. The van der Waals surface area contributed by atoms with Crippen molar-refractivity contribution in [3.05, 3.63) is 58.7 Å². The van der Waals surface area contributed by atoms with E-state index in [1.807, 2.05) is 12.1 Å². The zero-order valence-electron chi connectivity index (χ0n) is 18.7. The molecule has 0 aliphatic heterocycles. The van der Waals surface area contributed by atoms with Crippen LogP contribution in [0.3, 0.4) is 0 Å². The lowest BCUT2D eigenvalue weighted by Gasteiger charge is -2.25. The summed E-state index contributed by atoms with van der Waals surface area (Å²) in [7, 11) is 0. The first kappa shape index (κ1) is 24.3. The third kappa shape index (κ3) is 6.03. The number of rotatable bonds is 8. The van der Waals surface area contributed by atoms with Crippen LogP contribution in [0.1, 0.15) is 43.0 Å². The summed E-state index contributed by atoms with van der Waals surface area (Å²) in [5, 5.41) is 0.577. The van der Waals surface area contributed by atoms with Crippen LogP contribution in [0.25, 0.3) is 11.4 Å². The molecule has 0 fully saturated rings. The highest BCUT2D eigenvalue weighted by atomic mass is 35.5. The Kier molecular flexibility index (Phi) is 8.83. The summed E-state index contributed by atoms with van der Waals surface area (Å²) >= 11 is 1.29. The molecule has 162 valence electrons. The summed E-state index contributed by atoms with van der Waals surface area (Å²) in [6.07, 6.45) is 1.05. The largest absolute Gasteiger partial charge is 0.430 e. The monoisotopic (exact) mass is 445 g/mol. The Hall–Kier alpha value is -1.95. The van der Waals surface area contributed by atoms with Crippen molar-refractivity contribution in [2.45, 2.75) is 54.0 Å². The Balaban J connectivity index is 0.00000320. The van der Waals surface area contributed by atoms with E-state index < -0.39 is 0 Å². The third-order valence-electron chi connectivity index (χ3n) is 5.35. The van der Waals surface area contributed by atoms with Gasteiger partial charge in [-0.2, -0.15) is 9.36 Å². The lowest BCUT2D eigenvalue weighted by atomic mass is 10.0. The van der Waals surface area contributed by atoms with Gasteiger partial charge in [0.15, 0.2) is 5.82 Å². The van der Waals surface area contributed by atoms with Crippen molar-refractivity contribution in [2.24, 2.45) is 0 Å². The van der Waals surface area contributed by atoms with Crippen molar-refractivity contribution >= 4 is 23.9 Å². The molecule has 0 radical (unpaired) electrons. The molecule has 0 spiro atoms. The second-order valence-corrected chi connectivity index (χ2v) is 8.58. The van der Waals surface area contributed by atoms with E-state index >= 15 is 0 Å². The first-order chi connectivity index (χ1) is 13.9. The lowest BCUT2D eigenvalue weighted by Crippen LogP contribution is -2.32. The van der Waals surface area contributed by atoms with Crippen LogP contribution < -0.4 is 4.74 Å². The molecule has 30 heavy (non-hydrogen) atoms. The molecule has 0 bridgehead atoms. The summed E-state index contributed by atoms with van der Waals surface area (Å²) in [6.45, 7) is 15.2. The van der Waals surface area contributed by atoms with Crippen LogP contribution >= 0.6 is 23.9 Å².